The van der Waals surface area contributed by atoms with Crippen LogP contribution in [0.5, 0.6) is 0 Å². The lowest BCUT2D eigenvalue weighted by Crippen LogP contribution is -2.09. The van der Waals surface area contributed by atoms with Crippen LogP contribution in [0.15, 0.2) is 6.07 Å². The number of carbonyl (C=O) groups excluding carboxylic acids is 1. The van der Waals surface area contributed by atoms with Crippen molar-refractivity contribution < 1.29 is 18.3 Å². The van der Waals surface area contributed by atoms with Crippen molar-refractivity contribution in [2.75, 3.05) is 7.11 Å². The summed E-state index contributed by atoms with van der Waals surface area (Å²) >= 11 is 11.1. The standard InChI is InChI=1S/C9H7Cl2F2NO2/c1-16-9(15)5-2-4(3-10)7(11)14-6(5)8(12)13/h2,8H,3H2,1H3. The van der Waals surface area contributed by atoms with Gasteiger partial charge in [-0.3, -0.25) is 0 Å². The molecule has 0 atom stereocenters. The van der Waals surface area contributed by atoms with Gasteiger partial charge >= 0.3 is 5.97 Å². The summed E-state index contributed by atoms with van der Waals surface area (Å²) in [5.74, 6) is -0.926. The molecule has 0 saturated heterocycles. The lowest BCUT2D eigenvalue weighted by Gasteiger charge is -2.09. The van der Waals surface area contributed by atoms with Gasteiger partial charge in [-0.05, 0) is 6.07 Å². The van der Waals surface area contributed by atoms with E-state index >= 15 is 0 Å². The Hall–Kier alpha value is -0.940. The number of alkyl halides is 3. The van der Waals surface area contributed by atoms with E-state index in [1.165, 1.54) is 0 Å². The second kappa shape index (κ2) is 5.41. The molecule has 0 aliphatic heterocycles. The Morgan fingerprint density at radius 3 is 2.69 bits per heavy atom. The molecule has 0 amide bonds. The fraction of sp³-hybridized carbons (Fsp3) is 0.333. The third-order valence-corrected chi connectivity index (χ3v) is 2.45. The average Bonchev–Trinajstić information content (AvgIpc) is 2.27. The number of aromatic nitrogens is 1. The van der Waals surface area contributed by atoms with Gasteiger partial charge in [-0.2, -0.15) is 0 Å². The Balaban J connectivity index is 3.36. The van der Waals surface area contributed by atoms with Crippen LogP contribution in [0.2, 0.25) is 5.15 Å². The molecule has 1 heterocycles. The normalized spacial score (nSPS) is 10.6. The number of pyridine rings is 1. The van der Waals surface area contributed by atoms with Gasteiger partial charge in [-0.1, -0.05) is 11.6 Å². The van der Waals surface area contributed by atoms with Gasteiger partial charge in [-0.25, -0.2) is 18.6 Å². The molecule has 0 saturated carbocycles. The van der Waals surface area contributed by atoms with Gasteiger partial charge in [0, 0.05) is 5.56 Å². The maximum Gasteiger partial charge on any atom is 0.339 e. The van der Waals surface area contributed by atoms with E-state index in [-0.39, 0.29) is 16.6 Å². The quantitative estimate of drug-likeness (QED) is 0.481. The zero-order valence-corrected chi connectivity index (χ0v) is 9.65. The minimum Gasteiger partial charge on any atom is -0.465 e. The summed E-state index contributed by atoms with van der Waals surface area (Å²) in [6.45, 7) is 0. The van der Waals surface area contributed by atoms with E-state index in [1.54, 1.807) is 0 Å². The third-order valence-electron chi connectivity index (χ3n) is 1.83. The van der Waals surface area contributed by atoms with Crippen molar-refractivity contribution in [3.8, 4) is 0 Å². The number of hydrogen-bond donors (Lipinski definition) is 0. The van der Waals surface area contributed by atoms with Gasteiger partial charge in [0.2, 0.25) is 0 Å². The summed E-state index contributed by atoms with van der Waals surface area (Å²) in [5.41, 5.74) is -0.726. The first-order valence-corrected chi connectivity index (χ1v) is 5.04. The number of nitrogens with zero attached hydrogens (tertiary/aromatic N) is 1. The summed E-state index contributed by atoms with van der Waals surface area (Å²) in [6.07, 6.45) is -2.91. The lowest BCUT2D eigenvalue weighted by molar-refractivity contribution is 0.0587. The highest BCUT2D eigenvalue weighted by Crippen LogP contribution is 2.26. The smallest absolute Gasteiger partial charge is 0.339 e. The van der Waals surface area contributed by atoms with Crippen LogP contribution in [-0.4, -0.2) is 18.1 Å². The summed E-state index contributed by atoms with van der Waals surface area (Å²) in [6, 6.07) is 1.16. The highest BCUT2D eigenvalue weighted by atomic mass is 35.5. The predicted octanol–water partition coefficient (Wildman–Crippen LogP) is 3.20. The first-order chi connectivity index (χ1) is 7.51. The monoisotopic (exact) mass is 269 g/mol. The first-order valence-electron chi connectivity index (χ1n) is 4.13. The molecule has 3 nitrogen and oxygen atoms in total. The maximum absolute atomic E-state index is 12.6. The van der Waals surface area contributed by atoms with Crippen LogP contribution < -0.4 is 0 Å². The van der Waals surface area contributed by atoms with Crippen LogP contribution in [-0.2, 0) is 10.6 Å². The highest BCUT2D eigenvalue weighted by Gasteiger charge is 2.23. The summed E-state index contributed by atoms with van der Waals surface area (Å²) < 4.78 is 29.5. The number of halogens is 4. The minimum atomic E-state index is -2.91. The molecule has 0 aliphatic carbocycles. The highest BCUT2D eigenvalue weighted by molar-refractivity contribution is 6.31. The van der Waals surface area contributed by atoms with Crippen LogP contribution in [0.25, 0.3) is 0 Å². The van der Waals surface area contributed by atoms with Crippen molar-refractivity contribution in [3.63, 3.8) is 0 Å². The Morgan fingerprint density at radius 2 is 2.25 bits per heavy atom. The number of carbonyl (C=O) groups is 1. The zero-order chi connectivity index (χ0) is 12.3. The molecule has 0 spiro atoms. The topological polar surface area (TPSA) is 39.2 Å². The fourth-order valence-corrected chi connectivity index (χ4v) is 1.56. The number of rotatable bonds is 3. The fourth-order valence-electron chi connectivity index (χ4n) is 1.08. The van der Waals surface area contributed by atoms with Gasteiger partial charge in [0.25, 0.3) is 6.43 Å². The molecule has 1 aromatic rings. The minimum absolute atomic E-state index is 0.0284. The van der Waals surface area contributed by atoms with Gasteiger partial charge < -0.3 is 4.74 Å². The molecule has 0 bridgehead atoms. The van der Waals surface area contributed by atoms with E-state index in [1.807, 2.05) is 0 Å². The zero-order valence-electron chi connectivity index (χ0n) is 8.14. The Bertz CT molecular complexity index is 413. The first kappa shape index (κ1) is 13.1. The van der Waals surface area contributed by atoms with E-state index in [0.717, 1.165) is 13.2 Å². The van der Waals surface area contributed by atoms with Crippen molar-refractivity contribution in [2.24, 2.45) is 0 Å². The van der Waals surface area contributed by atoms with Crippen LogP contribution in [0.4, 0.5) is 8.78 Å². The number of hydrogen-bond acceptors (Lipinski definition) is 3. The molecule has 7 heteroatoms. The Kier molecular flexibility index (Phi) is 4.44. The van der Waals surface area contributed by atoms with E-state index in [0.29, 0.717) is 5.56 Å². The third kappa shape index (κ3) is 2.59. The van der Waals surface area contributed by atoms with E-state index < -0.39 is 18.1 Å². The second-order valence-electron chi connectivity index (χ2n) is 2.80. The number of esters is 1. The Labute approximate surface area is 100 Å². The molecule has 0 aliphatic rings. The lowest BCUT2D eigenvalue weighted by atomic mass is 10.1. The van der Waals surface area contributed by atoms with Crippen LogP contribution in [0.1, 0.15) is 28.0 Å². The molecule has 0 N–H and O–H groups in total. The molecule has 16 heavy (non-hydrogen) atoms. The molecular formula is C9H7Cl2F2NO2. The molecule has 0 fully saturated rings. The largest absolute Gasteiger partial charge is 0.465 e. The van der Waals surface area contributed by atoms with Gasteiger partial charge in [-0.15, -0.1) is 11.6 Å². The van der Waals surface area contributed by atoms with Gasteiger partial charge in [0.05, 0.1) is 18.6 Å². The van der Waals surface area contributed by atoms with Crippen molar-refractivity contribution in [2.45, 2.75) is 12.3 Å². The van der Waals surface area contributed by atoms with E-state index in [4.69, 9.17) is 23.2 Å². The van der Waals surface area contributed by atoms with Crippen molar-refractivity contribution in [3.05, 3.63) is 28.0 Å². The Morgan fingerprint density at radius 1 is 1.62 bits per heavy atom. The van der Waals surface area contributed by atoms with Crippen LogP contribution in [0, 0.1) is 0 Å². The molecule has 88 valence electrons. The van der Waals surface area contributed by atoms with Crippen LogP contribution >= 0.6 is 23.2 Å². The second-order valence-corrected chi connectivity index (χ2v) is 3.42. The molecule has 0 radical (unpaired) electrons. The summed E-state index contributed by atoms with van der Waals surface area (Å²) in [4.78, 5) is 14.7. The maximum atomic E-state index is 12.6. The molecular weight excluding hydrogens is 263 g/mol. The number of methoxy groups -OCH3 is 1. The summed E-state index contributed by atoms with van der Waals surface area (Å²) in [7, 11) is 1.09. The van der Waals surface area contributed by atoms with E-state index in [2.05, 4.69) is 9.72 Å². The summed E-state index contributed by atoms with van der Waals surface area (Å²) in [5, 5.41) is -0.141. The molecule has 1 aromatic heterocycles. The molecule has 1 rings (SSSR count). The SMILES string of the molecule is COC(=O)c1cc(CCl)c(Cl)nc1C(F)F. The molecule has 0 unspecified atom stereocenters. The van der Waals surface area contributed by atoms with Crippen LogP contribution in [0.3, 0.4) is 0 Å². The van der Waals surface area contributed by atoms with Crippen molar-refractivity contribution in [1.82, 2.24) is 4.98 Å². The molecule has 0 aromatic carbocycles. The number of ether oxygens (including phenoxy) is 1. The van der Waals surface area contributed by atoms with Gasteiger partial charge in [0.1, 0.15) is 10.8 Å². The van der Waals surface area contributed by atoms with Gasteiger partial charge in [0.15, 0.2) is 0 Å². The van der Waals surface area contributed by atoms with E-state index in [9.17, 15) is 13.6 Å². The van der Waals surface area contributed by atoms with Crippen molar-refractivity contribution in [1.29, 1.82) is 0 Å². The average molecular weight is 270 g/mol. The predicted molar refractivity (Wildman–Crippen MR) is 55.1 cm³/mol. The van der Waals surface area contributed by atoms with Crippen molar-refractivity contribution >= 4 is 29.2 Å².